The van der Waals surface area contributed by atoms with Gasteiger partial charge in [0.25, 0.3) is 0 Å². The fourth-order valence-electron chi connectivity index (χ4n) is 4.31. The average molecular weight is 407 g/mol. The molecule has 1 aromatic rings. The molecule has 0 bridgehead atoms. The molecule has 0 spiro atoms. The maximum atomic E-state index is 13.3. The van der Waals surface area contributed by atoms with Gasteiger partial charge in [0.1, 0.15) is 0 Å². The summed E-state index contributed by atoms with van der Waals surface area (Å²) < 4.78 is 21.7. The second-order valence-corrected chi connectivity index (χ2v) is 7.69. The van der Waals surface area contributed by atoms with Crippen LogP contribution in [0.15, 0.2) is 12.1 Å². The van der Waals surface area contributed by atoms with Gasteiger partial charge in [-0.25, -0.2) is 0 Å². The minimum absolute atomic E-state index is 0.166. The predicted octanol–water partition coefficient (Wildman–Crippen LogP) is 2.36. The van der Waals surface area contributed by atoms with Gasteiger partial charge in [-0.05, 0) is 30.5 Å². The van der Waals surface area contributed by atoms with Gasteiger partial charge in [0.15, 0.2) is 11.5 Å². The average Bonchev–Trinajstić information content (AvgIpc) is 3.28. The first-order valence-corrected chi connectivity index (χ1v) is 10.5. The fourth-order valence-corrected chi connectivity index (χ4v) is 4.31. The van der Waals surface area contributed by atoms with Crippen LogP contribution in [-0.2, 0) is 16.0 Å². The molecule has 2 fully saturated rings. The molecule has 0 atom stereocenters. The van der Waals surface area contributed by atoms with Crippen molar-refractivity contribution < 1.29 is 23.7 Å². The molecule has 3 rings (SSSR count). The molecule has 1 heterocycles. The molecule has 29 heavy (non-hydrogen) atoms. The fraction of sp³-hybridized carbons (Fsp3) is 0.682. The Bertz CT molecular complexity index is 644. The highest BCUT2D eigenvalue weighted by Gasteiger charge is 2.27. The lowest BCUT2D eigenvalue weighted by Crippen LogP contribution is -2.46. The predicted molar refractivity (Wildman–Crippen MR) is 111 cm³/mol. The maximum absolute atomic E-state index is 13.3. The first kappa shape index (κ1) is 21.7. The lowest BCUT2D eigenvalue weighted by Gasteiger charge is -2.33. The Morgan fingerprint density at radius 1 is 1.07 bits per heavy atom. The number of carbonyl (C=O) groups excluding carboxylic acids is 1. The zero-order valence-corrected chi connectivity index (χ0v) is 17.9. The summed E-state index contributed by atoms with van der Waals surface area (Å²) in [6, 6.07) is 4.09. The normalized spacial score (nSPS) is 17.9. The van der Waals surface area contributed by atoms with E-state index in [0.717, 1.165) is 57.8 Å². The van der Waals surface area contributed by atoms with Crippen LogP contribution in [0.1, 0.15) is 31.2 Å². The van der Waals surface area contributed by atoms with Crippen LogP contribution in [0, 0.1) is 0 Å². The number of carbonyl (C=O) groups is 1. The summed E-state index contributed by atoms with van der Waals surface area (Å²) in [4.78, 5) is 17.8. The van der Waals surface area contributed by atoms with Gasteiger partial charge in [-0.1, -0.05) is 12.8 Å². The standard InChI is InChI=1S/C22H34N2O5/c1-26-19-14-17(15-20(27-2)22(19)28-3)16-21(25)24(18-6-4-5-7-18)9-8-23-10-12-29-13-11-23/h14-15,18H,4-13,16H2,1-3H3. The summed E-state index contributed by atoms with van der Waals surface area (Å²) in [6.07, 6.45) is 4.94. The highest BCUT2D eigenvalue weighted by molar-refractivity contribution is 5.79. The van der Waals surface area contributed by atoms with E-state index in [1.165, 1.54) is 12.8 Å². The summed E-state index contributed by atoms with van der Waals surface area (Å²) in [5.74, 6) is 1.87. The van der Waals surface area contributed by atoms with Gasteiger partial charge in [0.05, 0.1) is 41.0 Å². The van der Waals surface area contributed by atoms with Crippen molar-refractivity contribution in [3.05, 3.63) is 17.7 Å². The lowest BCUT2D eigenvalue weighted by atomic mass is 10.1. The van der Waals surface area contributed by atoms with Gasteiger partial charge in [-0.15, -0.1) is 0 Å². The molecule has 7 heteroatoms. The van der Waals surface area contributed by atoms with E-state index >= 15 is 0 Å². The molecule has 1 amide bonds. The van der Waals surface area contributed by atoms with Crippen LogP contribution in [0.3, 0.4) is 0 Å². The van der Waals surface area contributed by atoms with Crippen molar-refractivity contribution in [1.29, 1.82) is 0 Å². The molecule has 1 aliphatic carbocycles. The van der Waals surface area contributed by atoms with E-state index in [4.69, 9.17) is 18.9 Å². The second kappa shape index (κ2) is 10.7. The summed E-state index contributed by atoms with van der Waals surface area (Å²) in [6.45, 7) is 5.12. The third kappa shape index (κ3) is 5.54. The topological polar surface area (TPSA) is 60.5 Å². The van der Waals surface area contributed by atoms with Crippen molar-refractivity contribution in [3.63, 3.8) is 0 Å². The first-order valence-electron chi connectivity index (χ1n) is 10.5. The summed E-state index contributed by atoms with van der Waals surface area (Å²) in [5.41, 5.74) is 0.874. The molecule has 0 N–H and O–H groups in total. The van der Waals surface area contributed by atoms with Crippen LogP contribution >= 0.6 is 0 Å². The van der Waals surface area contributed by atoms with E-state index in [1.807, 2.05) is 12.1 Å². The summed E-state index contributed by atoms with van der Waals surface area (Å²) in [5, 5.41) is 0. The largest absolute Gasteiger partial charge is 0.493 e. The van der Waals surface area contributed by atoms with Crippen molar-refractivity contribution in [2.24, 2.45) is 0 Å². The van der Waals surface area contributed by atoms with Crippen molar-refractivity contribution in [3.8, 4) is 17.2 Å². The molecule has 1 saturated carbocycles. The van der Waals surface area contributed by atoms with Gasteiger partial charge in [-0.2, -0.15) is 0 Å². The van der Waals surface area contributed by atoms with E-state index in [0.29, 0.717) is 29.7 Å². The number of morpholine rings is 1. The smallest absolute Gasteiger partial charge is 0.227 e. The SMILES string of the molecule is COc1cc(CC(=O)N(CCN2CCOCC2)C2CCCC2)cc(OC)c1OC. The Morgan fingerprint density at radius 3 is 2.24 bits per heavy atom. The van der Waals surface area contributed by atoms with Gasteiger partial charge >= 0.3 is 0 Å². The molecule has 1 saturated heterocycles. The molecule has 162 valence electrons. The molecule has 0 radical (unpaired) electrons. The van der Waals surface area contributed by atoms with Crippen molar-refractivity contribution >= 4 is 5.91 Å². The first-order chi connectivity index (χ1) is 14.2. The van der Waals surface area contributed by atoms with Crippen LogP contribution in [-0.4, -0.2) is 82.5 Å². The Morgan fingerprint density at radius 2 is 1.69 bits per heavy atom. The van der Waals surface area contributed by atoms with Crippen LogP contribution in [0.5, 0.6) is 17.2 Å². The highest BCUT2D eigenvalue weighted by Crippen LogP contribution is 2.38. The second-order valence-electron chi connectivity index (χ2n) is 7.69. The number of hydrogen-bond acceptors (Lipinski definition) is 6. The molecule has 1 aliphatic heterocycles. The van der Waals surface area contributed by atoms with Crippen molar-refractivity contribution in [2.75, 3.05) is 60.7 Å². The Kier molecular flexibility index (Phi) is 8.00. The third-order valence-corrected chi connectivity index (χ3v) is 5.93. The Hall–Kier alpha value is -1.99. The minimum Gasteiger partial charge on any atom is -0.493 e. The van der Waals surface area contributed by atoms with Crippen LogP contribution < -0.4 is 14.2 Å². The van der Waals surface area contributed by atoms with E-state index in [1.54, 1.807) is 21.3 Å². The third-order valence-electron chi connectivity index (χ3n) is 5.93. The van der Waals surface area contributed by atoms with Crippen molar-refractivity contribution in [1.82, 2.24) is 9.80 Å². The summed E-state index contributed by atoms with van der Waals surface area (Å²) >= 11 is 0. The van der Waals surface area contributed by atoms with Gasteiger partial charge < -0.3 is 23.8 Å². The summed E-state index contributed by atoms with van der Waals surface area (Å²) in [7, 11) is 4.77. The zero-order chi connectivity index (χ0) is 20.6. The number of amides is 1. The highest BCUT2D eigenvalue weighted by atomic mass is 16.5. The Balaban J connectivity index is 1.71. The maximum Gasteiger partial charge on any atom is 0.227 e. The number of benzene rings is 1. The monoisotopic (exact) mass is 406 g/mol. The van der Waals surface area contributed by atoms with E-state index in [2.05, 4.69) is 9.80 Å². The van der Waals surface area contributed by atoms with Crippen LogP contribution in [0.25, 0.3) is 0 Å². The number of hydrogen-bond donors (Lipinski definition) is 0. The number of nitrogens with zero attached hydrogens (tertiary/aromatic N) is 2. The molecule has 0 aromatic heterocycles. The van der Waals surface area contributed by atoms with Gasteiger partial charge in [0.2, 0.25) is 11.7 Å². The lowest BCUT2D eigenvalue weighted by molar-refractivity contribution is -0.133. The number of methoxy groups -OCH3 is 3. The molecular weight excluding hydrogens is 372 g/mol. The Labute approximate surface area is 173 Å². The van der Waals surface area contributed by atoms with E-state index in [9.17, 15) is 4.79 Å². The van der Waals surface area contributed by atoms with E-state index < -0.39 is 0 Å². The molecule has 0 unspecified atom stereocenters. The van der Waals surface area contributed by atoms with Crippen LogP contribution in [0.2, 0.25) is 0 Å². The van der Waals surface area contributed by atoms with Gasteiger partial charge in [0, 0.05) is 32.2 Å². The molecule has 1 aromatic carbocycles. The molecular formula is C22H34N2O5. The van der Waals surface area contributed by atoms with Gasteiger partial charge in [-0.3, -0.25) is 9.69 Å². The van der Waals surface area contributed by atoms with Crippen LogP contribution in [0.4, 0.5) is 0 Å². The number of ether oxygens (including phenoxy) is 4. The minimum atomic E-state index is 0.166. The molecule has 2 aliphatic rings. The van der Waals surface area contributed by atoms with E-state index in [-0.39, 0.29) is 5.91 Å². The molecule has 7 nitrogen and oxygen atoms in total. The number of rotatable bonds is 9. The zero-order valence-electron chi connectivity index (χ0n) is 17.9. The van der Waals surface area contributed by atoms with Crippen molar-refractivity contribution in [2.45, 2.75) is 38.1 Å². The quantitative estimate of drug-likeness (QED) is 0.628.